The summed E-state index contributed by atoms with van der Waals surface area (Å²) in [4.78, 5) is 10.4. The van der Waals surface area contributed by atoms with Gasteiger partial charge in [-0.2, -0.15) is 5.10 Å². The number of carboxylic acid groups (broad SMARTS) is 1. The SMILES string of the molecule is COc1cc(/C(C)=N\Nc2c(F)c(F)c(F)c(F)c2F)ccc1OCC(=O)[O-]. The fourth-order valence-corrected chi connectivity index (χ4v) is 2.06. The molecule has 2 rings (SSSR count). The fraction of sp³-hybridized carbons (Fsp3) is 0.176. The number of nitrogens with zero attached hydrogens (tertiary/aromatic N) is 1. The number of hydrogen-bond donors (Lipinski definition) is 1. The van der Waals surface area contributed by atoms with Crippen molar-refractivity contribution in [2.75, 3.05) is 19.1 Å². The summed E-state index contributed by atoms with van der Waals surface area (Å²) in [6.07, 6.45) is 0. The lowest BCUT2D eigenvalue weighted by Gasteiger charge is -2.13. The topological polar surface area (TPSA) is 83.0 Å². The number of benzene rings is 2. The molecule has 0 amide bonds. The van der Waals surface area contributed by atoms with Crippen molar-refractivity contribution in [3.63, 3.8) is 0 Å². The maximum Gasteiger partial charge on any atom is 0.200 e. The molecule has 0 saturated carbocycles. The number of halogens is 5. The van der Waals surface area contributed by atoms with Gasteiger partial charge in [-0.1, -0.05) is 0 Å². The minimum atomic E-state index is -2.28. The summed E-state index contributed by atoms with van der Waals surface area (Å²) in [6, 6.07) is 4.12. The molecule has 2 aromatic carbocycles. The molecule has 0 unspecified atom stereocenters. The van der Waals surface area contributed by atoms with Crippen LogP contribution < -0.4 is 20.0 Å². The van der Waals surface area contributed by atoms with Crippen molar-refractivity contribution < 1.29 is 41.3 Å². The van der Waals surface area contributed by atoms with Crippen molar-refractivity contribution in [3.8, 4) is 11.5 Å². The summed E-state index contributed by atoms with van der Waals surface area (Å²) >= 11 is 0. The van der Waals surface area contributed by atoms with E-state index in [0.29, 0.717) is 5.56 Å². The first-order valence-electron chi connectivity index (χ1n) is 7.50. The number of carboxylic acids is 1. The van der Waals surface area contributed by atoms with Crippen LogP contribution in [0.3, 0.4) is 0 Å². The quantitative estimate of drug-likeness (QED) is 0.252. The first-order valence-corrected chi connectivity index (χ1v) is 7.50. The monoisotopic (exact) mass is 403 g/mol. The molecule has 0 bridgehead atoms. The Morgan fingerprint density at radius 3 is 2.14 bits per heavy atom. The lowest BCUT2D eigenvalue weighted by atomic mass is 10.1. The van der Waals surface area contributed by atoms with Gasteiger partial charge in [0.05, 0.1) is 18.8 Å². The number of nitrogens with one attached hydrogen (secondary N) is 1. The Kier molecular flexibility index (Phi) is 6.39. The molecular weight excluding hydrogens is 391 g/mol. The molecule has 2 aromatic rings. The first-order chi connectivity index (χ1) is 13.2. The van der Waals surface area contributed by atoms with Crippen LogP contribution in [-0.2, 0) is 4.79 Å². The Balaban J connectivity index is 2.31. The van der Waals surface area contributed by atoms with Crippen molar-refractivity contribution >= 4 is 17.4 Å². The number of rotatable bonds is 7. The van der Waals surface area contributed by atoms with E-state index in [9.17, 15) is 31.9 Å². The highest BCUT2D eigenvalue weighted by Gasteiger charge is 2.25. The molecule has 0 atom stereocenters. The molecule has 11 heteroatoms. The van der Waals surface area contributed by atoms with Gasteiger partial charge in [-0.05, 0) is 25.1 Å². The van der Waals surface area contributed by atoms with Gasteiger partial charge in [0.25, 0.3) is 0 Å². The van der Waals surface area contributed by atoms with Crippen LogP contribution in [0.1, 0.15) is 12.5 Å². The van der Waals surface area contributed by atoms with Gasteiger partial charge in [-0.25, -0.2) is 22.0 Å². The van der Waals surface area contributed by atoms with E-state index in [-0.39, 0.29) is 17.2 Å². The number of hydrogen-bond acceptors (Lipinski definition) is 6. The first kappa shape index (κ1) is 20.9. The Hall–Kier alpha value is -3.37. The molecule has 28 heavy (non-hydrogen) atoms. The van der Waals surface area contributed by atoms with E-state index in [4.69, 9.17) is 9.47 Å². The number of anilines is 1. The number of carbonyl (C=O) groups is 1. The molecule has 1 N–H and O–H groups in total. The van der Waals surface area contributed by atoms with E-state index in [1.807, 2.05) is 5.43 Å². The van der Waals surface area contributed by atoms with E-state index < -0.39 is 47.3 Å². The smallest absolute Gasteiger partial charge is 0.200 e. The van der Waals surface area contributed by atoms with Crippen LogP contribution in [0, 0.1) is 29.1 Å². The van der Waals surface area contributed by atoms with Gasteiger partial charge in [0.1, 0.15) is 12.3 Å². The lowest BCUT2D eigenvalue weighted by molar-refractivity contribution is -0.307. The highest BCUT2D eigenvalue weighted by atomic mass is 19.2. The van der Waals surface area contributed by atoms with Crippen LogP contribution in [-0.4, -0.2) is 25.4 Å². The Labute approximate surface area is 155 Å². The second-order valence-corrected chi connectivity index (χ2v) is 5.28. The highest BCUT2D eigenvalue weighted by molar-refractivity contribution is 5.99. The second-order valence-electron chi connectivity index (χ2n) is 5.28. The maximum absolute atomic E-state index is 13.6. The third-order valence-electron chi connectivity index (χ3n) is 3.47. The number of methoxy groups -OCH3 is 1. The van der Waals surface area contributed by atoms with Gasteiger partial charge in [-0.15, -0.1) is 0 Å². The van der Waals surface area contributed by atoms with Crippen molar-refractivity contribution in [1.82, 2.24) is 0 Å². The Bertz CT molecular complexity index is 921. The predicted octanol–water partition coefficient (Wildman–Crippen LogP) is 2.36. The number of ether oxygens (including phenoxy) is 2. The zero-order chi connectivity index (χ0) is 21.0. The van der Waals surface area contributed by atoms with Crippen molar-refractivity contribution in [2.45, 2.75) is 6.92 Å². The average molecular weight is 403 g/mol. The molecular formula is C17H12F5N2O4-. The van der Waals surface area contributed by atoms with Gasteiger partial charge >= 0.3 is 0 Å². The molecule has 0 saturated heterocycles. The van der Waals surface area contributed by atoms with Crippen LogP contribution in [0.2, 0.25) is 0 Å². The Morgan fingerprint density at radius 1 is 1.04 bits per heavy atom. The molecule has 0 aromatic heterocycles. The van der Waals surface area contributed by atoms with E-state index in [1.54, 1.807) is 0 Å². The minimum Gasteiger partial charge on any atom is -0.546 e. The lowest BCUT2D eigenvalue weighted by Crippen LogP contribution is -2.29. The van der Waals surface area contributed by atoms with Crippen LogP contribution in [0.5, 0.6) is 11.5 Å². The molecule has 0 fully saturated rings. The van der Waals surface area contributed by atoms with E-state index in [0.717, 1.165) is 0 Å². The molecule has 0 aliphatic heterocycles. The van der Waals surface area contributed by atoms with Crippen LogP contribution in [0.4, 0.5) is 27.6 Å². The van der Waals surface area contributed by atoms with Crippen LogP contribution in [0.25, 0.3) is 0 Å². The van der Waals surface area contributed by atoms with Gasteiger partial charge in [-0.3, -0.25) is 5.43 Å². The molecule has 150 valence electrons. The molecule has 0 heterocycles. The number of aliphatic carboxylic acids is 1. The van der Waals surface area contributed by atoms with Gasteiger partial charge in [0, 0.05) is 5.56 Å². The zero-order valence-electron chi connectivity index (χ0n) is 14.4. The van der Waals surface area contributed by atoms with Crippen LogP contribution in [0.15, 0.2) is 23.3 Å². The van der Waals surface area contributed by atoms with E-state index >= 15 is 0 Å². The molecule has 6 nitrogen and oxygen atoms in total. The Morgan fingerprint density at radius 2 is 1.61 bits per heavy atom. The van der Waals surface area contributed by atoms with Crippen LogP contribution >= 0.6 is 0 Å². The van der Waals surface area contributed by atoms with Gasteiger partial charge < -0.3 is 19.4 Å². The third kappa shape index (κ3) is 4.30. The van der Waals surface area contributed by atoms with Crippen molar-refractivity contribution in [3.05, 3.63) is 52.8 Å². The summed E-state index contributed by atoms with van der Waals surface area (Å²) in [5, 5.41) is 14.1. The van der Waals surface area contributed by atoms with Crippen molar-refractivity contribution in [1.29, 1.82) is 0 Å². The minimum absolute atomic E-state index is 0.0796. The normalized spacial score (nSPS) is 11.3. The zero-order valence-corrected chi connectivity index (χ0v) is 14.4. The third-order valence-corrected chi connectivity index (χ3v) is 3.47. The summed E-state index contributed by atoms with van der Waals surface area (Å²) in [6.45, 7) is 0.667. The maximum atomic E-state index is 13.6. The van der Waals surface area contributed by atoms with E-state index in [2.05, 4.69) is 5.10 Å². The molecule has 0 aliphatic carbocycles. The standard InChI is InChI=1S/C17H13F5N2O4/c1-7(8-3-4-9(10(5-8)27-2)28-6-11(25)26)23-24-17-15(21)13(19)12(18)14(20)16(17)22/h3-5,24H,6H2,1-2H3,(H,25,26)/p-1/b23-7-. The number of carbonyl (C=O) groups excluding carboxylic acids is 1. The van der Waals surface area contributed by atoms with Crippen molar-refractivity contribution in [2.24, 2.45) is 5.10 Å². The van der Waals surface area contributed by atoms with Gasteiger partial charge in [0.2, 0.25) is 5.82 Å². The predicted molar refractivity (Wildman–Crippen MR) is 85.6 cm³/mol. The second kappa shape index (κ2) is 8.55. The summed E-state index contributed by atoms with van der Waals surface area (Å²) in [7, 11) is 1.28. The highest BCUT2D eigenvalue weighted by Crippen LogP contribution is 2.29. The summed E-state index contributed by atoms with van der Waals surface area (Å²) in [5.41, 5.74) is 0.924. The molecule has 0 radical (unpaired) electrons. The summed E-state index contributed by atoms with van der Waals surface area (Å²) in [5.74, 6) is -11.9. The van der Waals surface area contributed by atoms with Gasteiger partial charge in [0.15, 0.2) is 34.8 Å². The average Bonchev–Trinajstić information content (AvgIpc) is 2.68. The summed E-state index contributed by atoms with van der Waals surface area (Å²) < 4.78 is 76.7. The van der Waals surface area contributed by atoms with E-state index in [1.165, 1.54) is 32.2 Å². The number of hydrazone groups is 1. The molecule has 0 spiro atoms. The largest absolute Gasteiger partial charge is 0.546 e. The fourth-order valence-electron chi connectivity index (χ4n) is 2.06. The molecule has 0 aliphatic rings.